The summed E-state index contributed by atoms with van der Waals surface area (Å²) in [6.45, 7) is 14.3. The number of aromatic nitrogens is 2. The molecule has 1 saturated heterocycles. The van der Waals surface area contributed by atoms with Gasteiger partial charge in [-0.25, -0.2) is 9.48 Å². The zero-order valence-corrected chi connectivity index (χ0v) is 26.8. The third-order valence-electron chi connectivity index (χ3n) is 8.36. The Kier molecular flexibility index (Phi) is 9.35. The number of Topliss-reactive ketones (excluding diaryl/α,β-unsaturated/α-hetero) is 1. The topological polar surface area (TPSA) is 88.1 Å². The second kappa shape index (κ2) is 13.2. The van der Waals surface area contributed by atoms with Crippen LogP contribution < -0.4 is 16.0 Å². The fourth-order valence-electron chi connectivity index (χ4n) is 6.19. The summed E-state index contributed by atoms with van der Waals surface area (Å²) in [5.41, 5.74) is 7.70. The first kappa shape index (κ1) is 31.2. The second-order valence-corrected chi connectivity index (χ2v) is 13.3. The molecular formula is C37H45N5O2. The molecule has 0 bridgehead atoms. The number of amides is 2. The molecule has 4 aromatic rings. The molecule has 2 amide bonds. The number of nitrogens with one attached hydrogen (secondary N) is 3. The largest absolute Gasteiger partial charge is 0.324 e. The molecule has 1 fully saturated rings. The van der Waals surface area contributed by atoms with Crippen LogP contribution in [0.1, 0.15) is 73.0 Å². The summed E-state index contributed by atoms with van der Waals surface area (Å²) in [6.07, 6.45) is 2.29. The van der Waals surface area contributed by atoms with E-state index in [1.54, 1.807) is 4.68 Å². The van der Waals surface area contributed by atoms with Crippen LogP contribution in [0.2, 0.25) is 0 Å². The van der Waals surface area contributed by atoms with Crippen molar-refractivity contribution in [1.29, 1.82) is 0 Å². The van der Waals surface area contributed by atoms with Crippen LogP contribution in [-0.2, 0) is 16.6 Å². The SMILES string of the molecule is Cc1ccc(-n2nc(C(C)(C)C)cc2NC(=O)Nc2cccc(C(C(=O)Cc3cc(C)cc(C)c3)C3CCNCC3)c2)cc1. The number of piperidine rings is 1. The lowest BCUT2D eigenvalue weighted by Gasteiger charge is -2.30. The lowest BCUT2D eigenvalue weighted by molar-refractivity contribution is -0.121. The molecule has 1 unspecified atom stereocenters. The summed E-state index contributed by atoms with van der Waals surface area (Å²) in [4.78, 5) is 27.3. The molecule has 7 nitrogen and oxygen atoms in total. The molecule has 0 aliphatic carbocycles. The normalized spacial score (nSPS) is 14.7. The van der Waals surface area contributed by atoms with Crippen LogP contribution in [0.5, 0.6) is 0 Å². The second-order valence-electron chi connectivity index (χ2n) is 13.3. The van der Waals surface area contributed by atoms with E-state index in [-0.39, 0.29) is 29.1 Å². The maximum atomic E-state index is 14.0. The molecule has 1 atom stereocenters. The minimum Gasteiger partial charge on any atom is -0.317 e. The highest BCUT2D eigenvalue weighted by molar-refractivity contribution is 5.99. The smallest absolute Gasteiger partial charge is 0.317 e. The molecule has 5 rings (SSSR count). The van der Waals surface area contributed by atoms with E-state index in [9.17, 15) is 9.59 Å². The lowest BCUT2D eigenvalue weighted by Crippen LogP contribution is -2.34. The van der Waals surface area contributed by atoms with Crippen molar-refractivity contribution in [3.05, 3.63) is 106 Å². The molecule has 1 aromatic heterocycles. The Balaban J connectivity index is 1.38. The number of carbonyl (C=O) groups is 2. The van der Waals surface area contributed by atoms with Crippen molar-refractivity contribution in [2.45, 2.75) is 72.1 Å². The molecule has 0 spiro atoms. The van der Waals surface area contributed by atoms with Crippen molar-refractivity contribution < 1.29 is 9.59 Å². The van der Waals surface area contributed by atoms with E-state index in [0.717, 1.165) is 54.0 Å². The molecule has 1 aliphatic heterocycles. The number of rotatable bonds is 8. The third-order valence-corrected chi connectivity index (χ3v) is 8.36. The van der Waals surface area contributed by atoms with E-state index >= 15 is 0 Å². The summed E-state index contributed by atoms with van der Waals surface area (Å²) in [6, 6.07) is 23.8. The van der Waals surface area contributed by atoms with Crippen LogP contribution in [-0.4, -0.2) is 34.7 Å². The molecule has 44 heavy (non-hydrogen) atoms. The van der Waals surface area contributed by atoms with Gasteiger partial charge in [-0.1, -0.05) is 79.9 Å². The van der Waals surface area contributed by atoms with Crippen molar-refractivity contribution in [3.8, 4) is 5.69 Å². The van der Waals surface area contributed by atoms with Gasteiger partial charge in [-0.2, -0.15) is 5.10 Å². The minimum absolute atomic E-state index is 0.190. The van der Waals surface area contributed by atoms with E-state index in [0.29, 0.717) is 17.9 Å². The minimum atomic E-state index is -0.365. The number of nitrogens with zero attached hydrogens (tertiary/aromatic N) is 2. The van der Waals surface area contributed by atoms with Crippen LogP contribution in [0.3, 0.4) is 0 Å². The Morgan fingerprint density at radius 2 is 1.57 bits per heavy atom. The number of urea groups is 1. The molecule has 7 heteroatoms. The van der Waals surface area contributed by atoms with E-state index < -0.39 is 0 Å². The summed E-state index contributed by atoms with van der Waals surface area (Å²) in [7, 11) is 0. The first-order valence-corrected chi connectivity index (χ1v) is 15.6. The average molecular weight is 592 g/mol. The zero-order chi connectivity index (χ0) is 31.4. The summed E-state index contributed by atoms with van der Waals surface area (Å²) < 4.78 is 1.77. The number of anilines is 2. The van der Waals surface area contributed by atoms with Gasteiger partial charge < -0.3 is 10.6 Å². The number of hydrogen-bond acceptors (Lipinski definition) is 4. The highest BCUT2D eigenvalue weighted by atomic mass is 16.2. The van der Waals surface area contributed by atoms with Crippen molar-refractivity contribution >= 4 is 23.3 Å². The number of benzene rings is 3. The fraction of sp³-hybridized carbons (Fsp3) is 0.378. The Morgan fingerprint density at radius 3 is 2.23 bits per heavy atom. The summed E-state index contributed by atoms with van der Waals surface area (Å²) in [5, 5.41) is 14.3. The Morgan fingerprint density at radius 1 is 0.886 bits per heavy atom. The first-order valence-electron chi connectivity index (χ1n) is 15.6. The molecule has 1 aliphatic rings. The van der Waals surface area contributed by atoms with Gasteiger partial charge in [0.15, 0.2) is 0 Å². The fourth-order valence-corrected chi connectivity index (χ4v) is 6.19. The van der Waals surface area contributed by atoms with E-state index in [4.69, 9.17) is 5.10 Å². The molecule has 2 heterocycles. The average Bonchev–Trinajstić information content (AvgIpc) is 3.38. The lowest BCUT2D eigenvalue weighted by atomic mass is 9.76. The number of ketones is 1. The quantitative estimate of drug-likeness (QED) is 0.197. The van der Waals surface area contributed by atoms with E-state index in [1.807, 2.05) is 61.5 Å². The molecule has 3 aromatic carbocycles. The van der Waals surface area contributed by atoms with Crippen LogP contribution in [0, 0.1) is 26.7 Å². The highest BCUT2D eigenvalue weighted by Gasteiger charge is 2.31. The van der Waals surface area contributed by atoms with Gasteiger partial charge in [-0.3, -0.25) is 10.1 Å². The Bertz CT molecular complexity index is 1600. The zero-order valence-electron chi connectivity index (χ0n) is 26.8. The monoisotopic (exact) mass is 591 g/mol. The van der Waals surface area contributed by atoms with Gasteiger partial charge in [0.05, 0.1) is 11.4 Å². The van der Waals surface area contributed by atoms with Crippen molar-refractivity contribution in [2.75, 3.05) is 23.7 Å². The predicted octanol–water partition coefficient (Wildman–Crippen LogP) is 7.63. The maximum Gasteiger partial charge on any atom is 0.324 e. The summed E-state index contributed by atoms with van der Waals surface area (Å²) in [5.74, 6) is 0.822. The molecule has 0 radical (unpaired) electrons. The van der Waals surface area contributed by atoms with Gasteiger partial charge in [0.25, 0.3) is 0 Å². The van der Waals surface area contributed by atoms with Crippen molar-refractivity contribution in [1.82, 2.24) is 15.1 Å². The standard InChI is InChI=1S/C37H45N5O2/c1-24-10-12-31(13-11-24)42-34(23-33(41-42)37(4,5)6)40-36(44)39-30-9-7-8-29(22-30)35(28-14-16-38-17-15-28)32(43)21-27-19-25(2)18-26(3)20-27/h7-13,18-20,22-23,28,35,38H,14-17,21H2,1-6H3,(H2,39,40,44). The highest BCUT2D eigenvalue weighted by Crippen LogP contribution is 2.34. The van der Waals surface area contributed by atoms with Crippen LogP contribution in [0.25, 0.3) is 5.69 Å². The van der Waals surface area contributed by atoms with Gasteiger partial charge in [0.1, 0.15) is 11.6 Å². The van der Waals surface area contributed by atoms with Gasteiger partial charge >= 0.3 is 6.03 Å². The molecule has 230 valence electrons. The molecular weight excluding hydrogens is 546 g/mol. The van der Waals surface area contributed by atoms with Gasteiger partial charge in [-0.15, -0.1) is 0 Å². The van der Waals surface area contributed by atoms with Crippen LogP contribution >= 0.6 is 0 Å². The van der Waals surface area contributed by atoms with Gasteiger partial charge in [0.2, 0.25) is 0 Å². The maximum absolute atomic E-state index is 14.0. The number of carbonyl (C=O) groups excluding carboxylic acids is 2. The van der Waals surface area contributed by atoms with Crippen LogP contribution in [0.4, 0.5) is 16.3 Å². The van der Waals surface area contributed by atoms with Gasteiger partial charge in [0, 0.05) is 29.5 Å². The predicted molar refractivity (Wildman–Crippen MR) is 179 cm³/mol. The number of hydrogen-bond donors (Lipinski definition) is 3. The van der Waals surface area contributed by atoms with E-state index in [2.05, 4.69) is 68.8 Å². The Hall–Kier alpha value is -4.23. The third kappa shape index (κ3) is 7.64. The molecule has 0 saturated carbocycles. The first-order chi connectivity index (χ1) is 21.0. The summed E-state index contributed by atoms with van der Waals surface area (Å²) >= 11 is 0. The van der Waals surface area contributed by atoms with Crippen molar-refractivity contribution in [3.63, 3.8) is 0 Å². The van der Waals surface area contributed by atoms with Crippen LogP contribution in [0.15, 0.2) is 72.8 Å². The van der Waals surface area contributed by atoms with Crippen molar-refractivity contribution in [2.24, 2.45) is 5.92 Å². The van der Waals surface area contributed by atoms with E-state index in [1.165, 1.54) is 11.1 Å². The molecule has 3 N–H and O–H groups in total. The Labute approximate surface area is 261 Å². The number of aryl methyl sites for hydroxylation is 3. The van der Waals surface area contributed by atoms with Gasteiger partial charge in [-0.05, 0) is 88.0 Å².